The van der Waals surface area contributed by atoms with Gasteiger partial charge in [0.25, 0.3) is 5.56 Å². The molecule has 106 valence electrons. The maximum Gasteiger partial charge on any atom is 0.326 e. The number of aromatic nitrogens is 2. The monoisotopic (exact) mass is 292 g/mol. The van der Waals surface area contributed by atoms with Gasteiger partial charge in [-0.3, -0.25) is 14.2 Å². The lowest BCUT2D eigenvalue weighted by Crippen LogP contribution is -2.31. The Morgan fingerprint density at radius 1 is 1.35 bits per heavy atom. The quantitative estimate of drug-likeness (QED) is 0.682. The second-order valence-electron chi connectivity index (χ2n) is 5.45. The molecule has 0 bridgehead atoms. The number of hydrogen-bond acceptors (Lipinski definition) is 4. The number of rotatable bonds is 2. The zero-order valence-electron chi connectivity index (χ0n) is 11.6. The van der Waals surface area contributed by atoms with Crippen molar-refractivity contribution >= 4 is 29.1 Å². The fourth-order valence-electron chi connectivity index (χ4n) is 1.85. The smallest absolute Gasteiger partial charge is 0.326 e. The molecular formula is C14H16N2O3S. The van der Waals surface area contributed by atoms with E-state index in [1.165, 1.54) is 4.57 Å². The fraction of sp³-hybridized carbons (Fsp3) is 0.357. The minimum absolute atomic E-state index is 0.198. The molecule has 1 N–H and O–H groups in total. The Bertz CT molecular complexity index is 768. The topological polar surface area (TPSA) is 64.1 Å². The van der Waals surface area contributed by atoms with E-state index in [2.05, 4.69) is 4.98 Å². The number of ether oxygens (including phenoxy) is 1. The van der Waals surface area contributed by atoms with Crippen molar-refractivity contribution in [1.82, 2.24) is 9.55 Å². The van der Waals surface area contributed by atoms with Crippen LogP contribution in [0.4, 0.5) is 0 Å². The Morgan fingerprint density at radius 2 is 2.00 bits per heavy atom. The van der Waals surface area contributed by atoms with Crippen molar-refractivity contribution < 1.29 is 9.53 Å². The minimum atomic E-state index is -0.594. The van der Waals surface area contributed by atoms with E-state index in [9.17, 15) is 9.59 Å². The molecule has 0 fully saturated rings. The molecule has 1 heterocycles. The zero-order valence-corrected chi connectivity index (χ0v) is 12.4. The van der Waals surface area contributed by atoms with Gasteiger partial charge in [-0.15, -0.1) is 0 Å². The number of benzene rings is 1. The van der Waals surface area contributed by atoms with Gasteiger partial charge >= 0.3 is 5.97 Å². The second kappa shape index (κ2) is 5.20. The first-order valence-corrected chi connectivity index (χ1v) is 6.62. The van der Waals surface area contributed by atoms with E-state index in [0.29, 0.717) is 10.9 Å². The first-order valence-electron chi connectivity index (χ1n) is 6.21. The van der Waals surface area contributed by atoms with Crippen LogP contribution < -0.4 is 5.56 Å². The molecule has 20 heavy (non-hydrogen) atoms. The molecule has 0 spiro atoms. The van der Waals surface area contributed by atoms with Crippen LogP contribution >= 0.6 is 12.2 Å². The van der Waals surface area contributed by atoms with E-state index in [0.717, 1.165) is 0 Å². The van der Waals surface area contributed by atoms with E-state index in [4.69, 9.17) is 17.0 Å². The third-order valence-corrected chi connectivity index (χ3v) is 2.92. The van der Waals surface area contributed by atoms with Gasteiger partial charge in [0.2, 0.25) is 0 Å². The molecule has 1 aromatic carbocycles. The van der Waals surface area contributed by atoms with Crippen molar-refractivity contribution in [1.29, 1.82) is 0 Å². The Labute approximate surface area is 121 Å². The highest BCUT2D eigenvalue weighted by Gasteiger charge is 2.17. The van der Waals surface area contributed by atoms with Gasteiger partial charge in [0.15, 0.2) is 4.77 Å². The van der Waals surface area contributed by atoms with Crippen LogP contribution in [-0.4, -0.2) is 21.1 Å². The first kappa shape index (κ1) is 14.5. The lowest BCUT2D eigenvalue weighted by molar-refractivity contribution is -0.155. The summed E-state index contributed by atoms with van der Waals surface area (Å²) < 4.78 is 6.63. The number of esters is 1. The normalized spacial score (nSPS) is 11.6. The van der Waals surface area contributed by atoms with Crippen LogP contribution in [0.5, 0.6) is 0 Å². The van der Waals surface area contributed by atoms with Crippen molar-refractivity contribution in [2.24, 2.45) is 0 Å². The van der Waals surface area contributed by atoms with Crippen molar-refractivity contribution in [3.05, 3.63) is 39.4 Å². The number of aromatic amines is 1. The van der Waals surface area contributed by atoms with Gasteiger partial charge in [0.1, 0.15) is 12.1 Å². The number of para-hydroxylation sites is 1. The Hall–Kier alpha value is -1.95. The van der Waals surface area contributed by atoms with Crippen LogP contribution in [0.25, 0.3) is 10.9 Å². The molecule has 5 nitrogen and oxygen atoms in total. The van der Waals surface area contributed by atoms with Crippen molar-refractivity contribution in [2.75, 3.05) is 0 Å². The molecule has 0 aliphatic heterocycles. The molecule has 1 aromatic heterocycles. The molecule has 2 aromatic rings. The lowest BCUT2D eigenvalue weighted by Gasteiger charge is -2.19. The predicted octanol–water partition coefficient (Wildman–Crippen LogP) is 2.40. The number of hydrogen-bond donors (Lipinski definition) is 1. The Morgan fingerprint density at radius 3 is 2.65 bits per heavy atom. The van der Waals surface area contributed by atoms with Gasteiger partial charge < -0.3 is 9.72 Å². The van der Waals surface area contributed by atoms with Gasteiger partial charge in [-0.25, -0.2) is 0 Å². The van der Waals surface area contributed by atoms with Crippen molar-refractivity contribution in [3.8, 4) is 0 Å². The maximum atomic E-state index is 12.3. The molecule has 0 saturated carbocycles. The average Bonchev–Trinajstić information content (AvgIpc) is 2.32. The number of fused-ring (bicyclic) bond motifs is 1. The highest BCUT2D eigenvalue weighted by Crippen LogP contribution is 2.09. The highest BCUT2D eigenvalue weighted by molar-refractivity contribution is 7.71. The summed E-state index contributed by atoms with van der Waals surface area (Å²) in [5, 5.41) is 0.490. The summed E-state index contributed by atoms with van der Waals surface area (Å²) in [6, 6.07) is 7.03. The molecule has 0 radical (unpaired) electrons. The van der Waals surface area contributed by atoms with E-state index in [1.54, 1.807) is 39.0 Å². The van der Waals surface area contributed by atoms with Crippen molar-refractivity contribution in [3.63, 3.8) is 0 Å². The summed E-state index contributed by atoms with van der Waals surface area (Å²) in [6.45, 7) is 5.12. The Balaban J connectivity index is 2.43. The number of nitrogens with one attached hydrogen (secondary N) is 1. The van der Waals surface area contributed by atoms with Crippen LogP contribution in [0.15, 0.2) is 29.1 Å². The Kier molecular flexibility index (Phi) is 3.76. The van der Waals surface area contributed by atoms with Crippen molar-refractivity contribution in [2.45, 2.75) is 32.9 Å². The number of carbonyl (C=O) groups excluding carboxylic acids is 1. The molecule has 6 heteroatoms. The molecule has 0 amide bonds. The van der Waals surface area contributed by atoms with Crippen LogP contribution in [-0.2, 0) is 16.1 Å². The van der Waals surface area contributed by atoms with E-state index in [-0.39, 0.29) is 16.9 Å². The summed E-state index contributed by atoms with van der Waals surface area (Å²) in [7, 11) is 0. The van der Waals surface area contributed by atoms with Gasteiger partial charge in [-0.2, -0.15) is 0 Å². The number of nitrogens with zero attached hydrogens (tertiary/aromatic N) is 1. The molecule has 0 saturated heterocycles. The second-order valence-corrected chi connectivity index (χ2v) is 5.84. The largest absolute Gasteiger partial charge is 0.459 e. The molecule has 0 aliphatic rings. The number of carbonyl (C=O) groups is 1. The SMILES string of the molecule is CC(C)(C)OC(=O)Cn1c(=S)[nH]c2ccccc2c1=O. The number of H-pyrrole nitrogens is 1. The minimum Gasteiger partial charge on any atom is -0.459 e. The molecule has 2 rings (SSSR count). The van der Waals surface area contributed by atoms with E-state index < -0.39 is 11.6 Å². The van der Waals surface area contributed by atoms with Crippen LogP contribution in [0.3, 0.4) is 0 Å². The lowest BCUT2D eigenvalue weighted by atomic mass is 10.2. The maximum absolute atomic E-state index is 12.3. The summed E-state index contributed by atoms with van der Waals surface area (Å²) in [5.74, 6) is -0.491. The first-order chi connectivity index (χ1) is 9.28. The zero-order chi connectivity index (χ0) is 14.9. The van der Waals surface area contributed by atoms with E-state index in [1.807, 2.05) is 6.07 Å². The van der Waals surface area contributed by atoms with Crippen LogP contribution in [0.1, 0.15) is 20.8 Å². The van der Waals surface area contributed by atoms with E-state index >= 15 is 0 Å². The fourth-order valence-corrected chi connectivity index (χ4v) is 2.10. The van der Waals surface area contributed by atoms with Crippen LogP contribution in [0.2, 0.25) is 0 Å². The van der Waals surface area contributed by atoms with Gasteiger partial charge in [-0.1, -0.05) is 12.1 Å². The molecule has 0 aliphatic carbocycles. The summed E-state index contributed by atoms with van der Waals surface area (Å²) >= 11 is 5.13. The van der Waals surface area contributed by atoms with Gasteiger partial charge in [0, 0.05) is 0 Å². The predicted molar refractivity (Wildman–Crippen MR) is 79.2 cm³/mol. The standard InChI is InChI=1S/C14H16N2O3S/c1-14(2,3)19-11(17)8-16-12(18)9-6-4-5-7-10(9)15-13(16)20/h4-7H,8H2,1-3H3,(H,15,20). The third-order valence-electron chi connectivity index (χ3n) is 2.60. The van der Waals surface area contributed by atoms with Gasteiger partial charge in [0.05, 0.1) is 10.9 Å². The summed E-state index contributed by atoms with van der Waals surface area (Å²) in [6.07, 6.45) is 0. The summed E-state index contributed by atoms with van der Waals surface area (Å²) in [4.78, 5) is 27.1. The van der Waals surface area contributed by atoms with Crippen LogP contribution in [0, 0.1) is 4.77 Å². The molecule has 0 atom stereocenters. The molecular weight excluding hydrogens is 276 g/mol. The average molecular weight is 292 g/mol. The molecule has 0 unspecified atom stereocenters. The van der Waals surface area contributed by atoms with Gasteiger partial charge in [-0.05, 0) is 45.1 Å². The summed E-state index contributed by atoms with van der Waals surface area (Å²) in [5.41, 5.74) is -0.235. The highest BCUT2D eigenvalue weighted by atomic mass is 32.1. The third kappa shape index (κ3) is 3.14.